The number of amides is 2. The van der Waals surface area contributed by atoms with Crippen molar-refractivity contribution in [2.45, 2.75) is 162 Å². The molecule has 2 fully saturated rings. The lowest BCUT2D eigenvalue weighted by Crippen LogP contribution is -2.53. The molecule has 0 radical (unpaired) electrons. The van der Waals surface area contributed by atoms with Crippen molar-refractivity contribution in [3.8, 4) is 22.5 Å². The second kappa shape index (κ2) is 19.2. The molecule has 4 aromatic carbocycles. The van der Waals surface area contributed by atoms with Crippen LogP contribution in [0.15, 0.2) is 85.2 Å². The Labute approximate surface area is 437 Å². The Morgan fingerprint density at radius 1 is 0.622 bits per heavy atom. The summed E-state index contributed by atoms with van der Waals surface area (Å²) in [5.41, 5.74) is 18.9. The smallest absolute Gasteiger partial charge is 0.241 e. The average Bonchev–Trinajstić information content (AvgIpc) is 4.13. The first kappa shape index (κ1) is 50.0. The van der Waals surface area contributed by atoms with E-state index in [0.717, 1.165) is 102 Å². The van der Waals surface area contributed by atoms with E-state index in [1.165, 1.54) is 46.2 Å². The zero-order valence-electron chi connectivity index (χ0n) is 45.4. The van der Waals surface area contributed by atoms with E-state index in [1.807, 2.05) is 12.4 Å². The van der Waals surface area contributed by atoms with Gasteiger partial charge >= 0.3 is 0 Å². The molecule has 7 aromatic rings. The Morgan fingerprint density at radius 2 is 1.07 bits per heavy atom. The van der Waals surface area contributed by atoms with E-state index in [0.29, 0.717) is 43.3 Å². The van der Waals surface area contributed by atoms with Gasteiger partial charge in [-0.1, -0.05) is 139 Å². The fraction of sp³-hybridized carbons (Fsp3) is 0.516. The molecule has 0 spiro atoms. The van der Waals surface area contributed by atoms with Gasteiger partial charge in [-0.05, 0) is 142 Å². The van der Waals surface area contributed by atoms with E-state index >= 15 is 0 Å². The molecule has 0 aliphatic heterocycles. The number of aromatic nitrogens is 7. The molecule has 4 aliphatic rings. The fourth-order valence-corrected chi connectivity index (χ4v) is 15.3. The van der Waals surface area contributed by atoms with E-state index in [4.69, 9.17) is 0 Å². The summed E-state index contributed by atoms with van der Waals surface area (Å²) < 4.78 is 5.63. The topological polar surface area (TPSA) is 152 Å². The second-order valence-electron chi connectivity index (χ2n) is 24.8. The molecule has 4 aliphatic carbocycles. The van der Waals surface area contributed by atoms with Crippen molar-refractivity contribution >= 4 is 33.6 Å². The van der Waals surface area contributed by atoms with Crippen molar-refractivity contribution in [2.75, 3.05) is 19.6 Å². The molecule has 0 bridgehead atoms. The molecule has 388 valence electrons. The van der Waals surface area contributed by atoms with Crippen LogP contribution >= 0.6 is 0 Å². The van der Waals surface area contributed by atoms with E-state index in [2.05, 4.69) is 170 Å². The molecule has 2 amide bonds. The number of aryl methyl sites for hydroxylation is 2. The second-order valence-corrected chi connectivity index (χ2v) is 24.8. The maximum Gasteiger partial charge on any atom is 0.241 e. The molecule has 2 saturated carbocycles. The normalized spacial score (nSPS) is 25.4. The number of carbonyl (C=O) groups excluding carboxylic acids is 2. The minimum Gasteiger partial charge on any atom is -0.356 e. The van der Waals surface area contributed by atoms with Gasteiger partial charge in [0.05, 0.1) is 25.5 Å². The van der Waals surface area contributed by atoms with E-state index in [1.54, 1.807) is 9.36 Å². The summed E-state index contributed by atoms with van der Waals surface area (Å²) >= 11 is 0. The summed E-state index contributed by atoms with van der Waals surface area (Å²) in [5, 5.41) is 26.9. The zero-order valence-corrected chi connectivity index (χ0v) is 45.4. The minimum atomic E-state index is -0.0410. The molecule has 11 rings (SSSR count). The third-order valence-electron chi connectivity index (χ3n) is 19.2. The van der Waals surface area contributed by atoms with Gasteiger partial charge in [-0.2, -0.15) is 0 Å². The number of carbonyl (C=O) groups is 2. The average molecular weight is 996 g/mol. The largest absolute Gasteiger partial charge is 0.356 e. The third-order valence-corrected chi connectivity index (χ3v) is 19.2. The van der Waals surface area contributed by atoms with Gasteiger partial charge in [0.15, 0.2) is 0 Å². The molecular formula is C62H79N10O2+. The number of nitrogens with zero attached hydrogens (tertiary/aromatic N) is 7. The predicted octanol–water partition coefficient (Wildman–Crippen LogP) is 10.5. The van der Waals surface area contributed by atoms with Crippen LogP contribution in [0, 0.1) is 22.7 Å². The minimum absolute atomic E-state index is 0.0165. The van der Waals surface area contributed by atoms with E-state index in [9.17, 15) is 9.59 Å². The molecule has 12 nitrogen and oxygen atoms in total. The highest BCUT2D eigenvalue weighted by atomic mass is 16.2. The van der Waals surface area contributed by atoms with E-state index in [-0.39, 0.29) is 46.6 Å². The first-order chi connectivity index (χ1) is 35.5. The summed E-state index contributed by atoms with van der Waals surface area (Å²) in [7, 11) is 0. The quantitative estimate of drug-likeness (QED) is 0.0987. The van der Waals surface area contributed by atoms with Gasteiger partial charge in [0.1, 0.15) is 24.5 Å². The van der Waals surface area contributed by atoms with Gasteiger partial charge in [-0.15, -0.1) is 10.2 Å². The first-order valence-electron chi connectivity index (χ1n) is 27.9. The molecule has 3 heterocycles. The number of hydrogen-bond donors (Lipinski definition) is 3. The SMILES string of the molecule is CC(C)c1ccc2c(c1)CC[C@H]1[C@](C)(CNC(=O)Cn3cc(-c4ccc5c6ccc(-c7cn(CC(=O)NC[C@]8(C)CCC[C@]9(C)c%10ccc(C(C)C)cc%10CC[C@@H]89)nn7)cc6n(CC[NH3+])c5c4)nn3)CCC[C@]21C. The van der Waals surface area contributed by atoms with Crippen LogP contribution in [0.25, 0.3) is 44.3 Å². The lowest BCUT2D eigenvalue weighted by Gasteiger charge is -2.55. The summed E-state index contributed by atoms with van der Waals surface area (Å²) in [6.07, 6.45) is 15.2. The summed E-state index contributed by atoms with van der Waals surface area (Å²) in [5.74, 6) is 1.99. The van der Waals surface area contributed by atoms with Crippen LogP contribution in [-0.4, -0.2) is 66.0 Å². The van der Waals surface area contributed by atoms with Crippen LogP contribution in [-0.2, 0) is 52.9 Å². The lowest BCUT2D eigenvalue weighted by atomic mass is 9.49. The van der Waals surface area contributed by atoms with Crippen molar-refractivity contribution in [3.63, 3.8) is 0 Å². The third kappa shape index (κ3) is 8.86. The van der Waals surface area contributed by atoms with Gasteiger partial charge in [0.2, 0.25) is 11.8 Å². The summed E-state index contributed by atoms with van der Waals surface area (Å²) in [6.45, 7) is 21.9. The first-order valence-corrected chi connectivity index (χ1v) is 27.9. The number of quaternary nitrogens is 1. The van der Waals surface area contributed by atoms with E-state index < -0.39 is 0 Å². The highest BCUT2D eigenvalue weighted by molar-refractivity contribution is 6.10. The van der Waals surface area contributed by atoms with Crippen molar-refractivity contribution in [2.24, 2.45) is 22.7 Å². The number of nitrogens with one attached hydrogen (secondary N) is 2. The maximum atomic E-state index is 13.6. The zero-order chi connectivity index (χ0) is 51.7. The number of fused-ring (bicyclic) bond motifs is 9. The predicted molar refractivity (Wildman–Crippen MR) is 295 cm³/mol. The Bertz CT molecular complexity index is 3060. The van der Waals surface area contributed by atoms with Gasteiger partial charge in [-0.25, -0.2) is 9.36 Å². The molecule has 5 N–H and O–H groups in total. The van der Waals surface area contributed by atoms with Gasteiger partial charge < -0.3 is 20.9 Å². The molecular weight excluding hydrogens is 917 g/mol. The highest BCUT2D eigenvalue weighted by Crippen LogP contribution is 2.58. The Morgan fingerprint density at radius 3 is 1.49 bits per heavy atom. The van der Waals surface area contributed by atoms with Gasteiger partial charge in [0, 0.05) is 46.0 Å². The van der Waals surface area contributed by atoms with Gasteiger partial charge in [-0.3, -0.25) is 9.59 Å². The molecule has 0 unspecified atom stereocenters. The van der Waals surface area contributed by atoms with Crippen molar-refractivity contribution in [1.29, 1.82) is 0 Å². The Kier molecular flexibility index (Phi) is 13.0. The van der Waals surface area contributed by atoms with Crippen LogP contribution in [0.4, 0.5) is 0 Å². The number of rotatable bonds is 14. The van der Waals surface area contributed by atoms with Crippen molar-refractivity contribution in [3.05, 3.63) is 119 Å². The number of hydrogen-bond acceptors (Lipinski definition) is 6. The summed E-state index contributed by atoms with van der Waals surface area (Å²) in [4.78, 5) is 27.2. The maximum absolute atomic E-state index is 13.6. The van der Waals surface area contributed by atoms with Crippen LogP contribution in [0.3, 0.4) is 0 Å². The molecule has 74 heavy (non-hydrogen) atoms. The monoisotopic (exact) mass is 996 g/mol. The fourth-order valence-electron chi connectivity index (χ4n) is 15.3. The Hall–Kier alpha value is -6.14. The van der Waals surface area contributed by atoms with Crippen LogP contribution in [0.1, 0.15) is 152 Å². The van der Waals surface area contributed by atoms with Crippen LogP contribution in [0.2, 0.25) is 0 Å². The number of benzene rings is 4. The molecule has 0 saturated heterocycles. The van der Waals surface area contributed by atoms with Crippen LogP contribution < -0.4 is 16.4 Å². The van der Waals surface area contributed by atoms with Crippen molar-refractivity contribution in [1.82, 2.24) is 45.2 Å². The standard InChI is InChI=1S/C62H78N10O2/c1-39(2)41-13-19-49-43(29-41)15-21-55-59(5,23-9-25-61(49,55)7)37-64-57(73)35-70-33-51(66-68-70)45-11-17-47-48-18-12-46(32-54(48)72(28-27-63)53(47)31-45)52-34-71(69-67-52)36-58(74)65-38-60(6)24-10-26-62(8)50-20-14-42(40(3)4)30-44(50)16-22-56(60)62/h11-14,17-20,29-34,39-40,55-56H,9-10,15-16,21-28,35-38,63H2,1-8H3,(H,64,73)(H,65,74)/p+1/t55-,56-,59-,60-,61+,62+/m0/s1. The van der Waals surface area contributed by atoms with Gasteiger partial charge in [0.25, 0.3) is 0 Å². The van der Waals surface area contributed by atoms with Crippen molar-refractivity contribution < 1.29 is 15.3 Å². The molecule has 6 atom stereocenters. The lowest BCUT2D eigenvalue weighted by molar-refractivity contribution is -0.369. The molecule has 12 heteroatoms. The Balaban J connectivity index is 0.739. The highest BCUT2D eigenvalue weighted by Gasteiger charge is 2.53. The molecule has 3 aromatic heterocycles. The summed E-state index contributed by atoms with van der Waals surface area (Å²) in [6, 6.07) is 27.3. The van der Waals surface area contributed by atoms with Crippen LogP contribution in [0.5, 0.6) is 0 Å².